The second kappa shape index (κ2) is 30.0. The van der Waals surface area contributed by atoms with E-state index in [-0.39, 0.29) is 59.8 Å². The summed E-state index contributed by atoms with van der Waals surface area (Å²) in [6.07, 6.45) is 1.14. The van der Waals surface area contributed by atoms with Crippen LogP contribution in [0.4, 0.5) is 8.78 Å². The van der Waals surface area contributed by atoms with Gasteiger partial charge >= 0.3 is 30.8 Å². The van der Waals surface area contributed by atoms with Crippen LogP contribution in [0.25, 0.3) is 0 Å². The fraction of sp³-hybridized carbons (Fsp3) is 0.254. The zero-order valence-corrected chi connectivity index (χ0v) is 41.5. The van der Waals surface area contributed by atoms with E-state index in [1.807, 2.05) is 126 Å². The van der Waals surface area contributed by atoms with Gasteiger partial charge < -0.3 is 30.6 Å². The van der Waals surface area contributed by atoms with Crippen LogP contribution in [0.1, 0.15) is 58.1 Å². The zero-order valence-electron chi connectivity index (χ0n) is 41.5. The van der Waals surface area contributed by atoms with Gasteiger partial charge in [0.2, 0.25) is 11.8 Å². The number of hydrogen-bond acceptors (Lipinski definition) is 8. The van der Waals surface area contributed by atoms with Gasteiger partial charge in [-0.2, -0.15) is 0 Å². The molecular formula is C59H59F2LiN4O8. The minimum absolute atomic E-state index is 0. The number of rotatable bonds is 12. The van der Waals surface area contributed by atoms with Crippen molar-refractivity contribution in [3.05, 3.63) is 215 Å². The summed E-state index contributed by atoms with van der Waals surface area (Å²) in [7, 11) is 1.35. The Morgan fingerprint density at radius 1 is 0.541 bits per heavy atom. The molecule has 6 aromatic carbocycles. The Labute approximate surface area is 443 Å². The number of benzene rings is 6. The van der Waals surface area contributed by atoms with Gasteiger partial charge in [-0.1, -0.05) is 145 Å². The molecule has 0 bridgehead atoms. The van der Waals surface area contributed by atoms with Gasteiger partial charge in [0.05, 0.1) is 18.9 Å². The summed E-state index contributed by atoms with van der Waals surface area (Å²) in [5, 5.41) is 9.96. The summed E-state index contributed by atoms with van der Waals surface area (Å²) < 4.78 is 31.2. The van der Waals surface area contributed by atoms with E-state index in [4.69, 9.17) is 4.74 Å². The maximum Gasteiger partial charge on any atom is 1.00 e. The minimum atomic E-state index is -1.01. The van der Waals surface area contributed by atoms with Gasteiger partial charge in [0.1, 0.15) is 23.7 Å². The number of ether oxygens (including phenoxy) is 1. The number of hydrogen-bond donors (Lipinski definition) is 1. The first kappa shape index (κ1) is 59.2. The van der Waals surface area contributed by atoms with Gasteiger partial charge in [-0.05, 0) is 70.8 Å². The molecule has 6 aromatic rings. The van der Waals surface area contributed by atoms with Gasteiger partial charge in [0.25, 0.3) is 0 Å². The van der Waals surface area contributed by atoms with Crippen molar-refractivity contribution in [1.29, 1.82) is 0 Å². The molecule has 0 saturated carbocycles. The third-order valence-electron chi connectivity index (χ3n) is 12.5. The van der Waals surface area contributed by atoms with Crippen molar-refractivity contribution >= 4 is 23.8 Å². The number of methoxy groups -OCH3 is 1. The predicted molar refractivity (Wildman–Crippen MR) is 274 cm³/mol. The number of carboxylic acids is 1. The number of nitrogens with zero attached hydrogens (tertiary/aromatic N) is 4. The first-order valence-electron chi connectivity index (χ1n) is 23.6. The number of amides is 2. The van der Waals surface area contributed by atoms with E-state index in [9.17, 15) is 33.1 Å². The van der Waals surface area contributed by atoms with E-state index in [2.05, 4.69) is 28.6 Å². The van der Waals surface area contributed by atoms with Gasteiger partial charge in [-0.15, -0.1) is 0 Å². The Hall–Kier alpha value is -7.38. The third-order valence-corrected chi connectivity index (χ3v) is 12.5. The molecule has 0 radical (unpaired) electrons. The summed E-state index contributed by atoms with van der Waals surface area (Å²) in [5.74, 6) is 8.80. The summed E-state index contributed by atoms with van der Waals surface area (Å²) in [6, 6.07) is 48.7. The summed E-state index contributed by atoms with van der Waals surface area (Å²) in [6.45, 7) is 3.84. The molecule has 15 heteroatoms. The molecule has 2 aliphatic rings. The molecule has 8 rings (SSSR count). The smallest absolute Gasteiger partial charge is 0.870 e. The first-order valence-corrected chi connectivity index (χ1v) is 23.6. The number of esters is 1. The van der Waals surface area contributed by atoms with Crippen LogP contribution in [-0.4, -0.2) is 131 Å². The van der Waals surface area contributed by atoms with Crippen molar-refractivity contribution in [3.63, 3.8) is 0 Å². The quantitative estimate of drug-likeness (QED) is 0.108. The number of carboxylic acid groups (broad SMARTS) is 1. The van der Waals surface area contributed by atoms with Gasteiger partial charge in [0, 0.05) is 76.3 Å². The van der Waals surface area contributed by atoms with Crippen LogP contribution >= 0.6 is 0 Å². The second-order valence-electron chi connectivity index (χ2n) is 17.2. The van der Waals surface area contributed by atoms with Crippen molar-refractivity contribution < 1.29 is 67.6 Å². The molecule has 2 amide bonds. The molecule has 2 aliphatic heterocycles. The van der Waals surface area contributed by atoms with Crippen LogP contribution < -0.4 is 18.9 Å². The molecule has 2 heterocycles. The predicted octanol–water partition coefficient (Wildman–Crippen LogP) is 4.08. The molecule has 378 valence electrons. The topological polar surface area (TPSA) is 172 Å². The van der Waals surface area contributed by atoms with E-state index < -0.39 is 35.9 Å². The molecular weight excluding hydrogens is 938 g/mol. The third kappa shape index (κ3) is 16.3. The van der Waals surface area contributed by atoms with Crippen LogP contribution in [0.2, 0.25) is 0 Å². The van der Waals surface area contributed by atoms with E-state index in [1.54, 1.807) is 29.2 Å². The van der Waals surface area contributed by atoms with Gasteiger partial charge in [-0.25, -0.2) is 18.4 Å². The molecule has 0 spiro atoms. The average molecular weight is 997 g/mol. The van der Waals surface area contributed by atoms with E-state index in [0.29, 0.717) is 58.7 Å². The Morgan fingerprint density at radius 3 is 1.19 bits per heavy atom. The number of aliphatic carboxylic acids is 1. The van der Waals surface area contributed by atoms with Crippen molar-refractivity contribution in [1.82, 2.24) is 19.6 Å². The van der Waals surface area contributed by atoms with Crippen molar-refractivity contribution in [2.24, 2.45) is 0 Å². The number of piperazine rings is 2. The zero-order chi connectivity index (χ0) is 50.0. The maximum atomic E-state index is 13.9. The molecule has 0 unspecified atom stereocenters. The van der Waals surface area contributed by atoms with Crippen LogP contribution in [-0.2, 0) is 23.9 Å². The summed E-state index contributed by atoms with van der Waals surface area (Å²) >= 11 is 0. The van der Waals surface area contributed by atoms with Crippen molar-refractivity contribution in [2.45, 2.75) is 36.8 Å². The van der Waals surface area contributed by atoms with E-state index >= 15 is 0 Å². The Morgan fingerprint density at radius 2 is 0.865 bits per heavy atom. The monoisotopic (exact) mass is 996 g/mol. The Kier molecular flexibility index (Phi) is 24.0. The molecule has 12 nitrogen and oxygen atoms in total. The maximum absolute atomic E-state index is 13.9. The van der Waals surface area contributed by atoms with E-state index in [0.717, 1.165) is 33.4 Å². The average Bonchev–Trinajstić information content (AvgIpc) is 3.41. The molecule has 2 fully saturated rings. The standard InChI is InChI=1S/C30H29FN2O3.C29H27FN2O3.Li.2H2O/c1-36-30(35)27-22-32(19-9-8-10-23-15-17-26(31)18-16-23)20-21-33(27)29(34)28(24-11-4-2-5-12-24)25-13-6-3-7-14-25;30-25-16-14-22(15-17-25)9-7-8-18-31-19-20-32(26(21-31)29(34)35)28(33)27(23-10-3-1-4-11-23)24-12-5-2-6-13-24;;;/h2-7,11-18,27-28H,9,19-22H2,1H3;1-6,10-17,26-27H,8,18-21H2,(H,34,35);;2*1H2/q;;+1;;/p-1/t27-;26-;;;/m00.../s1. The second-order valence-corrected chi connectivity index (χ2v) is 17.2. The summed E-state index contributed by atoms with van der Waals surface area (Å²) in [4.78, 5) is 60.0. The molecule has 74 heavy (non-hydrogen) atoms. The van der Waals surface area contributed by atoms with Crippen LogP contribution in [0, 0.1) is 35.3 Å². The fourth-order valence-corrected chi connectivity index (χ4v) is 8.85. The van der Waals surface area contributed by atoms with Crippen molar-refractivity contribution in [2.75, 3.05) is 59.5 Å². The normalized spacial score (nSPS) is 15.2. The van der Waals surface area contributed by atoms with Crippen LogP contribution in [0.5, 0.6) is 0 Å². The molecule has 4 N–H and O–H groups in total. The number of halogens is 2. The molecule has 0 aliphatic carbocycles. The van der Waals surface area contributed by atoms with Gasteiger partial charge in [0.15, 0.2) is 0 Å². The van der Waals surface area contributed by atoms with Crippen LogP contribution in [0.15, 0.2) is 170 Å². The van der Waals surface area contributed by atoms with Gasteiger partial charge in [-0.3, -0.25) is 19.4 Å². The molecule has 2 saturated heterocycles. The Bertz CT molecular complexity index is 2750. The minimum Gasteiger partial charge on any atom is -0.870 e. The first-order chi connectivity index (χ1) is 34.6. The largest absolute Gasteiger partial charge is 1.00 e. The fourth-order valence-electron chi connectivity index (χ4n) is 8.85. The van der Waals surface area contributed by atoms with Crippen LogP contribution in [0.3, 0.4) is 0 Å². The number of carbonyl (C=O) groups excluding carboxylic acids is 3. The van der Waals surface area contributed by atoms with E-state index in [1.165, 1.54) is 36.3 Å². The van der Waals surface area contributed by atoms with Crippen molar-refractivity contribution in [3.8, 4) is 23.7 Å². The summed E-state index contributed by atoms with van der Waals surface area (Å²) in [5.41, 5.74) is 4.94. The Balaban J connectivity index is 0.000000308. The molecule has 0 aromatic heterocycles. The molecule has 2 atom stereocenters. The number of carbonyl (C=O) groups is 4. The SMILES string of the molecule is COC(=O)[C@@H]1CN(CCC#Cc2ccc(F)cc2)CCN1C(=O)C(c1ccccc1)c1ccccc1.O.O=C(O)[C@@H]1CN(CCC#Cc2ccc(F)cc2)CCN1C(=O)C(c1ccccc1)c1ccccc1.[Li+].[OH-].